The van der Waals surface area contributed by atoms with Crippen LogP contribution < -0.4 is 5.32 Å². The average molecular weight is 245 g/mol. The number of anilines is 1. The Morgan fingerprint density at radius 2 is 2.06 bits per heavy atom. The molecular formula is C13H15N3O2. The molecule has 2 rings (SSSR count). The van der Waals surface area contributed by atoms with Crippen LogP contribution in [0.2, 0.25) is 0 Å². The normalized spacial score (nSPS) is 11.9. The van der Waals surface area contributed by atoms with E-state index in [4.69, 9.17) is 4.74 Å². The van der Waals surface area contributed by atoms with E-state index in [1.165, 1.54) is 0 Å². The van der Waals surface area contributed by atoms with E-state index in [2.05, 4.69) is 10.4 Å². The predicted molar refractivity (Wildman–Crippen MR) is 68.2 cm³/mol. The van der Waals surface area contributed by atoms with Gasteiger partial charge in [0.25, 0.3) is 0 Å². The molecule has 0 aliphatic heterocycles. The van der Waals surface area contributed by atoms with Crippen molar-refractivity contribution < 1.29 is 9.53 Å². The lowest BCUT2D eigenvalue weighted by Gasteiger charge is -2.14. The summed E-state index contributed by atoms with van der Waals surface area (Å²) >= 11 is 0. The summed E-state index contributed by atoms with van der Waals surface area (Å²) in [6.45, 7) is 1.83. The van der Waals surface area contributed by atoms with E-state index in [1.807, 2.05) is 37.3 Å². The first kappa shape index (κ1) is 12.2. The number of hydrogen-bond acceptors (Lipinski definition) is 3. The molecule has 0 spiro atoms. The summed E-state index contributed by atoms with van der Waals surface area (Å²) in [5, 5.41) is 6.58. The van der Waals surface area contributed by atoms with Crippen molar-refractivity contribution in [1.82, 2.24) is 9.78 Å². The fraction of sp³-hybridized carbons (Fsp3) is 0.231. The Morgan fingerprint density at radius 1 is 1.33 bits per heavy atom. The van der Waals surface area contributed by atoms with Crippen molar-refractivity contribution in [2.75, 3.05) is 5.32 Å². The number of nitrogens with one attached hydrogen (secondary N) is 1. The number of carbonyl (C=O) groups excluding carboxylic acids is 1. The summed E-state index contributed by atoms with van der Waals surface area (Å²) in [6, 6.07) is 11.3. The molecule has 0 radical (unpaired) electrons. The Labute approximate surface area is 105 Å². The first-order valence-electron chi connectivity index (χ1n) is 5.67. The Morgan fingerprint density at radius 3 is 2.67 bits per heavy atom. The monoisotopic (exact) mass is 245 g/mol. The topological polar surface area (TPSA) is 56.1 Å². The Balaban J connectivity index is 1.94. The Bertz CT molecular complexity index is 522. The number of aromatic nitrogens is 2. The molecule has 0 unspecified atom stereocenters. The predicted octanol–water partition coefficient (Wildman–Crippen LogP) is 2.73. The standard InChI is InChI=1S/C13H15N3O2/c1-10(11-6-4-3-5-7-11)18-13(17)15-12-8-9-14-16(12)2/h3-10H,1-2H3,(H,15,17)/t10-/m1/s1. The van der Waals surface area contributed by atoms with Gasteiger partial charge in [0, 0.05) is 13.1 Å². The average Bonchev–Trinajstić information content (AvgIpc) is 2.76. The zero-order valence-electron chi connectivity index (χ0n) is 10.3. The summed E-state index contributed by atoms with van der Waals surface area (Å²) < 4.78 is 6.84. The second-order valence-electron chi connectivity index (χ2n) is 3.92. The smallest absolute Gasteiger partial charge is 0.413 e. The summed E-state index contributed by atoms with van der Waals surface area (Å²) in [4.78, 5) is 11.7. The van der Waals surface area contributed by atoms with Crippen molar-refractivity contribution in [3.63, 3.8) is 0 Å². The number of benzene rings is 1. The molecule has 1 atom stereocenters. The summed E-state index contributed by atoms with van der Waals surface area (Å²) in [7, 11) is 1.75. The van der Waals surface area contributed by atoms with Crippen molar-refractivity contribution in [2.45, 2.75) is 13.0 Å². The summed E-state index contributed by atoms with van der Waals surface area (Å²) in [5.41, 5.74) is 0.956. The molecule has 0 aliphatic rings. The van der Waals surface area contributed by atoms with Crippen LogP contribution in [0.3, 0.4) is 0 Å². The fourth-order valence-electron chi connectivity index (χ4n) is 1.58. The van der Waals surface area contributed by atoms with Gasteiger partial charge in [0.05, 0.1) is 6.20 Å². The van der Waals surface area contributed by atoms with Gasteiger partial charge in [0.1, 0.15) is 11.9 Å². The van der Waals surface area contributed by atoms with Gasteiger partial charge in [-0.3, -0.25) is 10.00 Å². The molecule has 0 saturated heterocycles. The number of hydrogen-bond donors (Lipinski definition) is 1. The third kappa shape index (κ3) is 2.88. The molecule has 5 nitrogen and oxygen atoms in total. The van der Waals surface area contributed by atoms with Crippen molar-refractivity contribution in [2.24, 2.45) is 7.05 Å². The third-order valence-electron chi connectivity index (χ3n) is 2.60. The van der Waals surface area contributed by atoms with E-state index in [0.717, 1.165) is 5.56 Å². The second kappa shape index (κ2) is 5.35. The van der Waals surface area contributed by atoms with Gasteiger partial charge in [0.15, 0.2) is 0 Å². The van der Waals surface area contributed by atoms with E-state index < -0.39 is 6.09 Å². The first-order chi connectivity index (χ1) is 8.66. The lowest BCUT2D eigenvalue weighted by atomic mass is 10.1. The van der Waals surface area contributed by atoms with Crippen molar-refractivity contribution in [1.29, 1.82) is 0 Å². The van der Waals surface area contributed by atoms with E-state index in [1.54, 1.807) is 24.0 Å². The van der Waals surface area contributed by atoms with Crippen molar-refractivity contribution in [3.05, 3.63) is 48.2 Å². The molecule has 2 aromatic rings. The van der Waals surface area contributed by atoms with E-state index >= 15 is 0 Å². The number of ether oxygens (including phenoxy) is 1. The highest BCUT2D eigenvalue weighted by Crippen LogP contribution is 2.16. The summed E-state index contributed by atoms with van der Waals surface area (Å²) in [5.74, 6) is 0.597. The van der Waals surface area contributed by atoms with Gasteiger partial charge in [-0.05, 0) is 12.5 Å². The lowest BCUT2D eigenvalue weighted by Crippen LogP contribution is -2.17. The number of amides is 1. The highest BCUT2D eigenvalue weighted by molar-refractivity contribution is 5.83. The number of aryl methyl sites for hydroxylation is 1. The van der Waals surface area contributed by atoms with E-state index in [-0.39, 0.29) is 6.10 Å². The Hall–Kier alpha value is -2.30. The van der Waals surface area contributed by atoms with Crippen LogP contribution in [-0.2, 0) is 11.8 Å². The van der Waals surface area contributed by atoms with Crippen LogP contribution in [0.25, 0.3) is 0 Å². The maximum absolute atomic E-state index is 11.7. The van der Waals surface area contributed by atoms with Crippen LogP contribution in [0.4, 0.5) is 10.6 Å². The molecule has 1 heterocycles. The van der Waals surface area contributed by atoms with Crippen LogP contribution in [0.15, 0.2) is 42.6 Å². The molecular weight excluding hydrogens is 230 g/mol. The molecule has 0 bridgehead atoms. The Kier molecular flexibility index (Phi) is 3.62. The molecule has 5 heteroatoms. The largest absolute Gasteiger partial charge is 0.441 e. The first-order valence-corrected chi connectivity index (χ1v) is 5.67. The molecule has 0 fully saturated rings. The fourth-order valence-corrected chi connectivity index (χ4v) is 1.58. The molecule has 1 aromatic heterocycles. The molecule has 1 N–H and O–H groups in total. The minimum Gasteiger partial charge on any atom is -0.441 e. The third-order valence-corrected chi connectivity index (χ3v) is 2.60. The highest BCUT2D eigenvalue weighted by atomic mass is 16.6. The van der Waals surface area contributed by atoms with Crippen LogP contribution in [0.1, 0.15) is 18.6 Å². The van der Waals surface area contributed by atoms with Gasteiger partial charge < -0.3 is 4.74 Å². The number of rotatable bonds is 3. The molecule has 0 saturated carbocycles. The molecule has 94 valence electrons. The molecule has 0 aliphatic carbocycles. The quantitative estimate of drug-likeness (QED) is 0.904. The van der Waals surface area contributed by atoms with E-state index in [9.17, 15) is 4.79 Å². The van der Waals surface area contributed by atoms with Gasteiger partial charge in [0.2, 0.25) is 0 Å². The maximum atomic E-state index is 11.7. The van der Waals surface area contributed by atoms with Gasteiger partial charge in [-0.1, -0.05) is 30.3 Å². The van der Waals surface area contributed by atoms with Crippen molar-refractivity contribution in [3.8, 4) is 0 Å². The maximum Gasteiger partial charge on any atom is 0.413 e. The van der Waals surface area contributed by atoms with Gasteiger partial charge >= 0.3 is 6.09 Å². The van der Waals surface area contributed by atoms with Crippen LogP contribution in [0, 0.1) is 0 Å². The number of carbonyl (C=O) groups is 1. The zero-order chi connectivity index (χ0) is 13.0. The lowest BCUT2D eigenvalue weighted by molar-refractivity contribution is 0.121. The van der Waals surface area contributed by atoms with Gasteiger partial charge in [-0.2, -0.15) is 5.10 Å². The SMILES string of the molecule is C[C@@H](OC(=O)Nc1ccnn1C)c1ccccc1. The minimum absolute atomic E-state index is 0.292. The highest BCUT2D eigenvalue weighted by Gasteiger charge is 2.12. The molecule has 1 amide bonds. The molecule has 1 aromatic carbocycles. The second-order valence-corrected chi connectivity index (χ2v) is 3.92. The van der Waals surface area contributed by atoms with Crippen molar-refractivity contribution >= 4 is 11.9 Å². The summed E-state index contributed by atoms with van der Waals surface area (Å²) in [6.07, 6.45) is 0.824. The van der Waals surface area contributed by atoms with Crippen LogP contribution in [-0.4, -0.2) is 15.9 Å². The van der Waals surface area contributed by atoms with Gasteiger partial charge in [-0.15, -0.1) is 0 Å². The van der Waals surface area contributed by atoms with E-state index in [0.29, 0.717) is 5.82 Å². The minimum atomic E-state index is -0.491. The van der Waals surface area contributed by atoms with Gasteiger partial charge in [-0.25, -0.2) is 4.79 Å². The number of nitrogens with zero attached hydrogens (tertiary/aromatic N) is 2. The van der Waals surface area contributed by atoms with Crippen LogP contribution in [0.5, 0.6) is 0 Å². The zero-order valence-corrected chi connectivity index (χ0v) is 10.3. The molecule has 18 heavy (non-hydrogen) atoms. The van der Waals surface area contributed by atoms with Crippen LogP contribution >= 0.6 is 0 Å².